The maximum absolute atomic E-state index is 4.60. The predicted octanol–water partition coefficient (Wildman–Crippen LogP) is 1.34. The summed E-state index contributed by atoms with van der Waals surface area (Å²) in [6.45, 7) is 10.3. The van der Waals surface area contributed by atoms with Gasteiger partial charge in [-0.3, -0.25) is 4.90 Å². The van der Waals surface area contributed by atoms with E-state index < -0.39 is 0 Å². The summed E-state index contributed by atoms with van der Waals surface area (Å²) in [5, 5.41) is 12.6. The van der Waals surface area contributed by atoms with Gasteiger partial charge in [-0.2, -0.15) is 0 Å². The van der Waals surface area contributed by atoms with Crippen molar-refractivity contribution >= 4 is 24.8 Å². The number of hydrogen-bond donors (Lipinski definition) is 1. The highest BCUT2D eigenvalue weighted by Gasteiger charge is 2.29. The molecule has 0 saturated carbocycles. The van der Waals surface area contributed by atoms with E-state index in [0.717, 1.165) is 44.6 Å². The molecule has 0 aromatic carbocycles. The van der Waals surface area contributed by atoms with Gasteiger partial charge in [0.25, 0.3) is 0 Å². The Labute approximate surface area is 182 Å². The Morgan fingerprint density at radius 2 is 1.50 bits per heavy atom. The second-order valence-electron chi connectivity index (χ2n) is 8.40. The van der Waals surface area contributed by atoms with E-state index in [-0.39, 0.29) is 24.8 Å². The number of rotatable bonds is 4. The zero-order valence-corrected chi connectivity index (χ0v) is 19.0. The fourth-order valence-corrected chi connectivity index (χ4v) is 4.77. The molecule has 9 heteroatoms. The molecule has 3 aliphatic rings. The molecule has 4 heterocycles. The van der Waals surface area contributed by atoms with Gasteiger partial charge in [0, 0.05) is 45.2 Å². The van der Waals surface area contributed by atoms with Crippen LogP contribution in [0.25, 0.3) is 0 Å². The lowest BCUT2D eigenvalue weighted by atomic mass is 9.93. The molecule has 1 aromatic heterocycles. The van der Waals surface area contributed by atoms with Crippen LogP contribution in [-0.2, 0) is 13.6 Å². The van der Waals surface area contributed by atoms with Crippen molar-refractivity contribution in [2.45, 2.75) is 44.2 Å². The Morgan fingerprint density at radius 1 is 0.857 bits per heavy atom. The van der Waals surface area contributed by atoms with Gasteiger partial charge in [-0.05, 0) is 58.9 Å². The Hall–Kier alpha value is -0.440. The second kappa shape index (κ2) is 11.1. The van der Waals surface area contributed by atoms with Gasteiger partial charge in [0.15, 0.2) is 0 Å². The van der Waals surface area contributed by atoms with Gasteiger partial charge < -0.3 is 19.7 Å². The molecule has 3 aliphatic heterocycles. The molecular weight excluding hydrogens is 397 g/mol. The summed E-state index contributed by atoms with van der Waals surface area (Å²) in [4.78, 5) is 7.63. The maximum atomic E-state index is 4.60. The van der Waals surface area contributed by atoms with Crippen LogP contribution in [0, 0.1) is 0 Å². The van der Waals surface area contributed by atoms with Gasteiger partial charge in [-0.25, -0.2) is 0 Å². The van der Waals surface area contributed by atoms with E-state index in [4.69, 9.17) is 0 Å². The molecule has 0 unspecified atom stereocenters. The Balaban J connectivity index is 0.00000140. The highest BCUT2D eigenvalue weighted by molar-refractivity contribution is 5.85. The summed E-state index contributed by atoms with van der Waals surface area (Å²) < 4.78 is 2.28. The van der Waals surface area contributed by atoms with Crippen molar-refractivity contribution in [2.75, 3.05) is 59.4 Å². The van der Waals surface area contributed by atoms with Crippen molar-refractivity contribution in [1.29, 1.82) is 0 Å². The van der Waals surface area contributed by atoms with E-state index in [2.05, 4.69) is 48.9 Å². The quantitative estimate of drug-likeness (QED) is 0.772. The summed E-state index contributed by atoms with van der Waals surface area (Å²) in [5.41, 5.74) is 0. The third-order valence-electron chi connectivity index (χ3n) is 6.68. The molecule has 0 radical (unpaired) electrons. The zero-order valence-electron chi connectivity index (χ0n) is 17.3. The Morgan fingerprint density at radius 3 is 2.14 bits per heavy atom. The number of halogens is 2. The van der Waals surface area contributed by atoms with Gasteiger partial charge in [0.1, 0.15) is 11.6 Å². The van der Waals surface area contributed by atoms with Crippen LogP contribution in [0.4, 0.5) is 0 Å². The average Bonchev–Trinajstić information content (AvgIpc) is 3.05. The van der Waals surface area contributed by atoms with E-state index in [9.17, 15) is 0 Å². The summed E-state index contributed by atoms with van der Waals surface area (Å²) >= 11 is 0. The summed E-state index contributed by atoms with van der Waals surface area (Å²) in [5.74, 6) is 2.91. The first kappa shape index (κ1) is 23.8. The molecule has 0 atom stereocenters. The minimum Gasteiger partial charge on any atom is -0.317 e. The monoisotopic (exact) mass is 433 g/mol. The molecule has 0 amide bonds. The molecule has 3 saturated heterocycles. The van der Waals surface area contributed by atoms with Gasteiger partial charge >= 0.3 is 0 Å². The van der Waals surface area contributed by atoms with Crippen LogP contribution in [0.1, 0.15) is 43.3 Å². The van der Waals surface area contributed by atoms with Crippen LogP contribution in [0.5, 0.6) is 0 Å². The van der Waals surface area contributed by atoms with E-state index in [0.29, 0.717) is 5.92 Å². The van der Waals surface area contributed by atoms with Gasteiger partial charge in [0.2, 0.25) is 0 Å². The number of nitrogens with zero attached hydrogens (tertiary/aromatic N) is 6. The molecule has 28 heavy (non-hydrogen) atoms. The highest BCUT2D eigenvalue weighted by atomic mass is 35.5. The topological polar surface area (TPSA) is 52.5 Å². The number of nitrogens with one attached hydrogen (secondary N) is 1. The van der Waals surface area contributed by atoms with Crippen LogP contribution in [-0.4, -0.2) is 94.9 Å². The molecule has 162 valence electrons. The van der Waals surface area contributed by atoms with Gasteiger partial charge in [-0.15, -0.1) is 35.0 Å². The van der Waals surface area contributed by atoms with Crippen LogP contribution in [0.3, 0.4) is 0 Å². The largest absolute Gasteiger partial charge is 0.317 e. The Bertz CT molecular complexity index is 575. The number of likely N-dealkylation sites (tertiary alicyclic amines) is 1. The minimum atomic E-state index is 0. The molecule has 4 rings (SSSR count). The fraction of sp³-hybridized carbons (Fsp3) is 0.895. The summed E-state index contributed by atoms with van der Waals surface area (Å²) in [7, 11) is 4.37. The van der Waals surface area contributed by atoms with Crippen molar-refractivity contribution in [3.05, 3.63) is 11.6 Å². The number of piperazine rings is 1. The molecule has 1 aromatic rings. The second-order valence-corrected chi connectivity index (χ2v) is 8.40. The first-order chi connectivity index (χ1) is 12.7. The van der Waals surface area contributed by atoms with Crippen LogP contribution in [0.2, 0.25) is 0 Å². The standard InChI is InChI=1S/C19H35N7.2ClH/c1-23-11-13-25(14-12-23)15-18-21-22-19(24(18)2)16-5-9-26(10-6-16)17-3-7-20-8-4-17;;/h16-17,20H,3-15H2,1-2H3;2*1H. The number of hydrogen-bond acceptors (Lipinski definition) is 6. The zero-order chi connectivity index (χ0) is 17.9. The van der Waals surface area contributed by atoms with Crippen molar-refractivity contribution in [2.24, 2.45) is 7.05 Å². The molecule has 0 bridgehead atoms. The lowest BCUT2D eigenvalue weighted by molar-refractivity contribution is 0.124. The fourth-order valence-electron chi connectivity index (χ4n) is 4.77. The predicted molar refractivity (Wildman–Crippen MR) is 118 cm³/mol. The maximum Gasteiger partial charge on any atom is 0.146 e. The summed E-state index contributed by atoms with van der Waals surface area (Å²) in [6.07, 6.45) is 5.07. The smallest absolute Gasteiger partial charge is 0.146 e. The van der Waals surface area contributed by atoms with E-state index in [1.165, 1.54) is 57.7 Å². The normalized spacial score (nSPS) is 23.9. The van der Waals surface area contributed by atoms with Gasteiger partial charge in [-0.1, -0.05) is 0 Å². The summed E-state index contributed by atoms with van der Waals surface area (Å²) in [6, 6.07) is 0.796. The molecule has 1 N–H and O–H groups in total. The van der Waals surface area contributed by atoms with Crippen molar-refractivity contribution in [1.82, 2.24) is 34.8 Å². The number of piperidine rings is 2. The lowest BCUT2D eigenvalue weighted by Gasteiger charge is -2.39. The average molecular weight is 434 g/mol. The minimum absolute atomic E-state index is 0. The third kappa shape index (κ3) is 5.58. The van der Waals surface area contributed by atoms with Crippen LogP contribution in [0.15, 0.2) is 0 Å². The SMILES string of the molecule is CN1CCN(Cc2nnc(C3CCN(C4CCNCC4)CC3)n2C)CC1.Cl.Cl. The highest BCUT2D eigenvalue weighted by Crippen LogP contribution is 2.29. The molecule has 0 spiro atoms. The van der Waals surface area contributed by atoms with Crippen molar-refractivity contribution in [3.63, 3.8) is 0 Å². The van der Waals surface area contributed by atoms with Crippen molar-refractivity contribution < 1.29 is 0 Å². The molecule has 3 fully saturated rings. The Kier molecular flexibility index (Phi) is 9.44. The number of likely N-dealkylation sites (N-methyl/N-ethyl adjacent to an activating group) is 1. The molecule has 7 nitrogen and oxygen atoms in total. The van der Waals surface area contributed by atoms with E-state index in [1.54, 1.807) is 0 Å². The van der Waals surface area contributed by atoms with Crippen molar-refractivity contribution in [3.8, 4) is 0 Å². The lowest BCUT2D eigenvalue weighted by Crippen LogP contribution is -2.46. The third-order valence-corrected chi connectivity index (χ3v) is 6.68. The molecular formula is C19H37Cl2N7. The first-order valence-electron chi connectivity index (χ1n) is 10.4. The van der Waals surface area contributed by atoms with Gasteiger partial charge in [0.05, 0.1) is 6.54 Å². The van der Waals surface area contributed by atoms with Crippen LogP contribution >= 0.6 is 24.8 Å². The van der Waals surface area contributed by atoms with E-state index in [1.807, 2.05) is 0 Å². The van der Waals surface area contributed by atoms with E-state index >= 15 is 0 Å². The number of aromatic nitrogens is 3. The van der Waals surface area contributed by atoms with Crippen LogP contribution < -0.4 is 5.32 Å². The first-order valence-corrected chi connectivity index (χ1v) is 10.4. The molecule has 0 aliphatic carbocycles.